The first-order valence-electron chi connectivity index (χ1n) is 2.95. The van der Waals surface area contributed by atoms with Crippen molar-refractivity contribution in [3.63, 3.8) is 0 Å². The van der Waals surface area contributed by atoms with E-state index in [-0.39, 0.29) is 5.38 Å². The van der Waals surface area contributed by atoms with Gasteiger partial charge in [-0.2, -0.15) is 0 Å². The normalized spacial score (nSPS) is 38.2. The summed E-state index contributed by atoms with van der Waals surface area (Å²) in [5.74, 6) is 5.19. The summed E-state index contributed by atoms with van der Waals surface area (Å²) >= 11 is 5.84. The highest BCUT2D eigenvalue weighted by Gasteiger charge is 2.23. The molecule has 1 aliphatic rings. The molecule has 0 radical (unpaired) electrons. The average molecular weight is 135 g/mol. The Kier molecular flexibility index (Phi) is 2.11. The maximum atomic E-state index is 5.84. The summed E-state index contributed by atoms with van der Waals surface area (Å²) in [5.41, 5.74) is 2.68. The van der Waals surface area contributed by atoms with E-state index >= 15 is 0 Å². The van der Waals surface area contributed by atoms with E-state index in [1.807, 2.05) is 0 Å². The Labute approximate surface area is 54.4 Å². The second-order valence-electron chi connectivity index (χ2n) is 2.22. The van der Waals surface area contributed by atoms with Crippen LogP contribution in [-0.2, 0) is 0 Å². The van der Waals surface area contributed by atoms with Crippen LogP contribution in [0.25, 0.3) is 0 Å². The van der Waals surface area contributed by atoms with Crippen LogP contribution in [0.4, 0.5) is 0 Å². The van der Waals surface area contributed by atoms with E-state index in [9.17, 15) is 0 Å². The van der Waals surface area contributed by atoms with Crippen molar-refractivity contribution in [1.29, 1.82) is 0 Å². The Morgan fingerprint density at radius 1 is 1.50 bits per heavy atom. The van der Waals surface area contributed by atoms with E-state index in [4.69, 9.17) is 17.4 Å². The molecule has 0 spiro atoms. The minimum Gasteiger partial charge on any atom is -0.271 e. The maximum Gasteiger partial charge on any atom is 0.0502 e. The van der Waals surface area contributed by atoms with Crippen LogP contribution in [0.2, 0.25) is 0 Å². The summed E-state index contributed by atoms with van der Waals surface area (Å²) in [7, 11) is 0. The molecule has 0 aliphatic heterocycles. The molecule has 2 atom stereocenters. The van der Waals surface area contributed by atoms with Crippen LogP contribution in [0.1, 0.15) is 19.3 Å². The van der Waals surface area contributed by atoms with Gasteiger partial charge in [0.2, 0.25) is 0 Å². The van der Waals surface area contributed by atoms with E-state index in [1.54, 1.807) is 0 Å². The average Bonchev–Trinajstić information content (AvgIpc) is 2.14. The lowest BCUT2D eigenvalue weighted by atomic mass is 10.3. The Hall–Kier alpha value is 0.210. The number of nitrogens with one attached hydrogen (secondary N) is 1. The van der Waals surface area contributed by atoms with Gasteiger partial charge in [-0.25, -0.2) is 0 Å². The molecule has 1 saturated carbocycles. The first-order valence-corrected chi connectivity index (χ1v) is 3.38. The molecule has 0 aromatic heterocycles. The van der Waals surface area contributed by atoms with E-state index < -0.39 is 0 Å². The lowest BCUT2D eigenvalue weighted by molar-refractivity contribution is 0.549. The summed E-state index contributed by atoms with van der Waals surface area (Å²) < 4.78 is 0. The molecule has 2 nitrogen and oxygen atoms in total. The van der Waals surface area contributed by atoms with Gasteiger partial charge in [-0.1, -0.05) is 6.42 Å². The summed E-state index contributed by atoms with van der Waals surface area (Å²) in [6.45, 7) is 0. The Bertz CT molecular complexity index is 76.8. The highest BCUT2D eigenvalue weighted by Crippen LogP contribution is 2.22. The monoisotopic (exact) mass is 134 g/mol. The number of nitrogens with two attached hydrogens (primary N) is 1. The predicted octanol–water partition coefficient (Wildman–Crippen LogP) is 0.610. The molecular weight excluding hydrogens is 124 g/mol. The smallest absolute Gasteiger partial charge is 0.0502 e. The van der Waals surface area contributed by atoms with Gasteiger partial charge in [0.25, 0.3) is 0 Å². The summed E-state index contributed by atoms with van der Waals surface area (Å²) in [5, 5.41) is 0.264. The van der Waals surface area contributed by atoms with Crippen LogP contribution in [0.5, 0.6) is 0 Å². The number of alkyl halides is 1. The first-order chi connectivity index (χ1) is 3.84. The van der Waals surface area contributed by atoms with E-state index in [0.29, 0.717) is 6.04 Å². The van der Waals surface area contributed by atoms with E-state index in [0.717, 1.165) is 12.8 Å². The van der Waals surface area contributed by atoms with Gasteiger partial charge in [-0.3, -0.25) is 11.3 Å². The quantitative estimate of drug-likeness (QED) is 0.313. The number of hydrogen-bond donors (Lipinski definition) is 2. The zero-order chi connectivity index (χ0) is 5.98. The first kappa shape index (κ1) is 6.33. The molecule has 1 rings (SSSR count). The molecule has 0 heterocycles. The second kappa shape index (κ2) is 2.67. The SMILES string of the molecule is NNC1CCCC1Cl. The molecule has 2 unspecified atom stereocenters. The predicted molar refractivity (Wildman–Crippen MR) is 34.6 cm³/mol. The molecule has 48 valence electrons. The highest BCUT2D eigenvalue weighted by atomic mass is 35.5. The van der Waals surface area contributed by atoms with Crippen molar-refractivity contribution in [3.05, 3.63) is 0 Å². The number of hydrogen-bond acceptors (Lipinski definition) is 2. The van der Waals surface area contributed by atoms with Gasteiger partial charge >= 0.3 is 0 Å². The minimum absolute atomic E-state index is 0.264. The van der Waals surface area contributed by atoms with Gasteiger partial charge < -0.3 is 0 Å². The lowest BCUT2D eigenvalue weighted by Gasteiger charge is -2.09. The second-order valence-corrected chi connectivity index (χ2v) is 2.78. The fourth-order valence-electron chi connectivity index (χ4n) is 1.10. The molecule has 8 heavy (non-hydrogen) atoms. The number of rotatable bonds is 1. The van der Waals surface area contributed by atoms with Crippen LogP contribution < -0.4 is 11.3 Å². The fraction of sp³-hybridized carbons (Fsp3) is 1.00. The van der Waals surface area contributed by atoms with E-state index in [2.05, 4.69) is 5.43 Å². The van der Waals surface area contributed by atoms with Crippen molar-refractivity contribution in [1.82, 2.24) is 5.43 Å². The molecule has 0 amide bonds. The Balaban J connectivity index is 2.30. The summed E-state index contributed by atoms with van der Waals surface area (Å²) in [6, 6.07) is 0.358. The van der Waals surface area contributed by atoms with Crippen molar-refractivity contribution in [2.75, 3.05) is 0 Å². The topological polar surface area (TPSA) is 38.0 Å². The van der Waals surface area contributed by atoms with Gasteiger partial charge in [0.15, 0.2) is 0 Å². The third kappa shape index (κ3) is 1.13. The molecule has 0 saturated heterocycles. The zero-order valence-electron chi connectivity index (χ0n) is 4.73. The third-order valence-corrected chi connectivity index (χ3v) is 2.17. The molecule has 0 aromatic carbocycles. The highest BCUT2D eigenvalue weighted by molar-refractivity contribution is 6.21. The van der Waals surface area contributed by atoms with Crippen LogP contribution in [0.3, 0.4) is 0 Å². The van der Waals surface area contributed by atoms with Crippen LogP contribution in [-0.4, -0.2) is 11.4 Å². The minimum atomic E-state index is 0.264. The molecule has 3 N–H and O–H groups in total. The van der Waals surface area contributed by atoms with Gasteiger partial charge in [-0.15, -0.1) is 11.6 Å². The van der Waals surface area contributed by atoms with Crippen molar-refractivity contribution in [2.45, 2.75) is 30.7 Å². The molecule has 1 aliphatic carbocycles. The van der Waals surface area contributed by atoms with Crippen molar-refractivity contribution in [2.24, 2.45) is 5.84 Å². The maximum absolute atomic E-state index is 5.84. The van der Waals surface area contributed by atoms with Gasteiger partial charge in [0.05, 0.1) is 5.38 Å². The third-order valence-electron chi connectivity index (χ3n) is 1.65. The standard InChI is InChI=1S/C5H11ClN2/c6-4-2-1-3-5(4)8-7/h4-5,8H,1-3,7H2. The lowest BCUT2D eigenvalue weighted by Crippen LogP contribution is -2.38. The molecular formula is C5H11ClN2. The Morgan fingerprint density at radius 3 is 2.50 bits per heavy atom. The van der Waals surface area contributed by atoms with Crippen LogP contribution in [0.15, 0.2) is 0 Å². The van der Waals surface area contributed by atoms with Crippen LogP contribution >= 0.6 is 11.6 Å². The van der Waals surface area contributed by atoms with E-state index in [1.165, 1.54) is 6.42 Å². The molecule has 0 aromatic rings. The molecule has 3 heteroatoms. The number of halogens is 1. The number of hydrazine groups is 1. The summed E-state index contributed by atoms with van der Waals surface area (Å²) in [6.07, 6.45) is 3.45. The zero-order valence-corrected chi connectivity index (χ0v) is 5.49. The largest absolute Gasteiger partial charge is 0.271 e. The summed E-state index contributed by atoms with van der Waals surface area (Å²) in [4.78, 5) is 0. The Morgan fingerprint density at radius 2 is 2.25 bits per heavy atom. The van der Waals surface area contributed by atoms with Crippen molar-refractivity contribution < 1.29 is 0 Å². The molecule has 0 bridgehead atoms. The van der Waals surface area contributed by atoms with Crippen molar-refractivity contribution in [3.8, 4) is 0 Å². The van der Waals surface area contributed by atoms with Gasteiger partial charge in [0, 0.05) is 6.04 Å². The van der Waals surface area contributed by atoms with Gasteiger partial charge in [-0.05, 0) is 12.8 Å². The fourth-order valence-corrected chi connectivity index (χ4v) is 1.46. The van der Waals surface area contributed by atoms with Crippen LogP contribution in [0, 0.1) is 0 Å². The molecule has 1 fully saturated rings. The van der Waals surface area contributed by atoms with Crippen molar-refractivity contribution >= 4 is 11.6 Å². The van der Waals surface area contributed by atoms with Gasteiger partial charge in [0.1, 0.15) is 0 Å².